The predicted octanol–water partition coefficient (Wildman–Crippen LogP) is 6.89. The summed E-state index contributed by atoms with van der Waals surface area (Å²) in [4.78, 5) is 12.1. The van der Waals surface area contributed by atoms with Crippen LogP contribution in [0.5, 0.6) is 0 Å². The molecule has 0 fully saturated rings. The Kier molecular flexibility index (Phi) is 10.4. The Balaban J connectivity index is 2.49. The van der Waals surface area contributed by atoms with Gasteiger partial charge in [-0.2, -0.15) is 0 Å². The van der Waals surface area contributed by atoms with Gasteiger partial charge < -0.3 is 15.5 Å². The average molecular weight is 450 g/mol. The minimum absolute atomic E-state index is 0.0566. The molecule has 0 saturated carbocycles. The lowest BCUT2D eigenvalue weighted by Gasteiger charge is -2.37. The second-order valence-corrected chi connectivity index (χ2v) is 8.68. The predicted molar refractivity (Wildman–Crippen MR) is 144 cm³/mol. The SMILES string of the molecule is C=C(NCC)c1ccc(C)c(N(C(=C)C(C)c2cc(NCCC)ccn2)C(CC)CCC)n1. The van der Waals surface area contributed by atoms with Crippen molar-refractivity contribution >= 4 is 17.2 Å². The van der Waals surface area contributed by atoms with Gasteiger partial charge in [0, 0.05) is 42.6 Å². The summed E-state index contributed by atoms with van der Waals surface area (Å²) in [5.74, 6) is 1.02. The highest BCUT2D eigenvalue weighted by Crippen LogP contribution is 2.34. The van der Waals surface area contributed by atoms with E-state index >= 15 is 0 Å². The lowest BCUT2D eigenvalue weighted by molar-refractivity contribution is 0.540. The molecule has 5 heteroatoms. The van der Waals surface area contributed by atoms with Gasteiger partial charge in [0.1, 0.15) is 5.82 Å². The van der Waals surface area contributed by atoms with Crippen molar-refractivity contribution in [3.05, 3.63) is 66.3 Å². The lowest BCUT2D eigenvalue weighted by Crippen LogP contribution is -2.37. The fourth-order valence-corrected chi connectivity index (χ4v) is 4.07. The quantitative estimate of drug-likeness (QED) is 0.329. The summed E-state index contributed by atoms with van der Waals surface area (Å²) in [5, 5.41) is 6.77. The topological polar surface area (TPSA) is 53.1 Å². The zero-order valence-electron chi connectivity index (χ0n) is 21.5. The van der Waals surface area contributed by atoms with Gasteiger partial charge in [0.05, 0.1) is 17.1 Å². The minimum Gasteiger partial charge on any atom is -0.385 e. The van der Waals surface area contributed by atoms with Crippen LogP contribution in [0.25, 0.3) is 5.70 Å². The normalized spacial score (nSPS) is 12.7. The van der Waals surface area contributed by atoms with Gasteiger partial charge in [-0.3, -0.25) is 4.98 Å². The first-order valence-corrected chi connectivity index (χ1v) is 12.5. The molecule has 0 aliphatic heterocycles. The van der Waals surface area contributed by atoms with E-state index in [1.165, 1.54) is 0 Å². The van der Waals surface area contributed by atoms with E-state index in [0.29, 0.717) is 6.04 Å². The second-order valence-electron chi connectivity index (χ2n) is 8.68. The first kappa shape index (κ1) is 26.4. The summed E-state index contributed by atoms with van der Waals surface area (Å²) in [6, 6.07) is 8.67. The number of rotatable bonds is 14. The first-order chi connectivity index (χ1) is 15.9. The van der Waals surface area contributed by atoms with Crippen LogP contribution < -0.4 is 15.5 Å². The maximum Gasteiger partial charge on any atom is 0.136 e. The third-order valence-corrected chi connectivity index (χ3v) is 6.07. The third kappa shape index (κ3) is 6.83. The standard InChI is InChI=1S/C28H43N5/c1-9-13-25(11-3)33(28-20(5)14-15-26(32-28)22(7)29-12-4)23(8)21(6)27-19-24(16-18-31-27)30-17-10-2/h14-16,18-19,21,25,29H,7-13,17H2,1-6H3,(H,30,31). The average Bonchev–Trinajstić information content (AvgIpc) is 2.83. The van der Waals surface area contributed by atoms with Crippen LogP contribution in [0.15, 0.2) is 49.3 Å². The van der Waals surface area contributed by atoms with E-state index in [0.717, 1.165) is 78.6 Å². The maximum absolute atomic E-state index is 5.07. The summed E-state index contributed by atoms with van der Waals surface area (Å²) in [6.45, 7) is 23.6. The van der Waals surface area contributed by atoms with Crippen molar-refractivity contribution < 1.29 is 0 Å². The summed E-state index contributed by atoms with van der Waals surface area (Å²) in [7, 11) is 0. The minimum atomic E-state index is 0.0566. The number of allylic oxidation sites excluding steroid dienone is 1. The van der Waals surface area contributed by atoms with Crippen molar-refractivity contribution in [2.24, 2.45) is 0 Å². The Morgan fingerprint density at radius 1 is 1.09 bits per heavy atom. The van der Waals surface area contributed by atoms with Crippen LogP contribution in [0.4, 0.5) is 11.5 Å². The summed E-state index contributed by atoms with van der Waals surface area (Å²) in [5.41, 5.74) is 6.00. The van der Waals surface area contributed by atoms with E-state index in [2.05, 4.69) is 82.4 Å². The van der Waals surface area contributed by atoms with Crippen LogP contribution in [0.1, 0.15) is 83.2 Å². The van der Waals surface area contributed by atoms with E-state index in [-0.39, 0.29) is 5.92 Å². The van der Waals surface area contributed by atoms with Gasteiger partial charge in [-0.1, -0.05) is 53.3 Å². The molecule has 0 saturated heterocycles. The van der Waals surface area contributed by atoms with Crippen molar-refractivity contribution in [3.63, 3.8) is 0 Å². The van der Waals surface area contributed by atoms with E-state index < -0.39 is 0 Å². The molecule has 2 aromatic heterocycles. The molecule has 0 aliphatic rings. The van der Waals surface area contributed by atoms with Crippen molar-refractivity contribution in [2.75, 3.05) is 23.3 Å². The van der Waals surface area contributed by atoms with Crippen LogP contribution in [0, 0.1) is 6.92 Å². The highest BCUT2D eigenvalue weighted by Gasteiger charge is 2.27. The van der Waals surface area contributed by atoms with Crippen molar-refractivity contribution in [2.45, 2.75) is 79.2 Å². The third-order valence-electron chi connectivity index (χ3n) is 6.07. The van der Waals surface area contributed by atoms with Crippen LogP contribution in [0.3, 0.4) is 0 Å². The molecule has 2 heterocycles. The smallest absolute Gasteiger partial charge is 0.136 e. The Morgan fingerprint density at radius 3 is 2.48 bits per heavy atom. The van der Waals surface area contributed by atoms with Gasteiger partial charge in [0.2, 0.25) is 0 Å². The molecule has 0 bridgehead atoms. The molecule has 2 rings (SSSR count). The summed E-state index contributed by atoms with van der Waals surface area (Å²) >= 11 is 0. The first-order valence-electron chi connectivity index (χ1n) is 12.5. The number of hydrogen-bond acceptors (Lipinski definition) is 5. The highest BCUT2D eigenvalue weighted by atomic mass is 15.2. The fraction of sp³-hybridized carbons (Fsp3) is 0.500. The highest BCUT2D eigenvalue weighted by molar-refractivity contribution is 5.63. The summed E-state index contributed by atoms with van der Waals surface area (Å²) in [6.07, 6.45) is 6.17. The number of nitrogens with zero attached hydrogens (tertiary/aromatic N) is 3. The van der Waals surface area contributed by atoms with Crippen molar-refractivity contribution in [3.8, 4) is 0 Å². The molecule has 33 heavy (non-hydrogen) atoms. The van der Waals surface area contributed by atoms with Gasteiger partial charge in [0.25, 0.3) is 0 Å². The van der Waals surface area contributed by atoms with E-state index in [4.69, 9.17) is 9.97 Å². The number of nitrogens with one attached hydrogen (secondary N) is 2. The van der Waals surface area contributed by atoms with Gasteiger partial charge >= 0.3 is 0 Å². The molecule has 2 N–H and O–H groups in total. The van der Waals surface area contributed by atoms with Crippen LogP contribution in [-0.4, -0.2) is 29.1 Å². The lowest BCUT2D eigenvalue weighted by atomic mass is 9.98. The molecule has 5 nitrogen and oxygen atoms in total. The molecule has 0 radical (unpaired) electrons. The van der Waals surface area contributed by atoms with E-state index in [1.807, 2.05) is 18.3 Å². The Labute approximate surface area is 201 Å². The molecule has 0 aromatic carbocycles. The molecule has 0 spiro atoms. The van der Waals surface area contributed by atoms with Gasteiger partial charge in [0.15, 0.2) is 0 Å². The molecular weight excluding hydrogens is 406 g/mol. The van der Waals surface area contributed by atoms with E-state index in [9.17, 15) is 0 Å². The van der Waals surface area contributed by atoms with Crippen LogP contribution >= 0.6 is 0 Å². The number of aryl methyl sites for hydroxylation is 1. The molecular formula is C28H43N5. The zero-order chi connectivity index (χ0) is 24.4. The number of aromatic nitrogens is 2. The number of anilines is 2. The Hall–Kier alpha value is -2.82. The molecule has 2 unspecified atom stereocenters. The van der Waals surface area contributed by atoms with Crippen molar-refractivity contribution in [1.29, 1.82) is 0 Å². The second kappa shape index (κ2) is 13.0. The van der Waals surface area contributed by atoms with Gasteiger partial charge in [-0.25, -0.2) is 4.98 Å². The molecule has 180 valence electrons. The fourth-order valence-electron chi connectivity index (χ4n) is 4.07. The van der Waals surface area contributed by atoms with Gasteiger partial charge in [-0.15, -0.1) is 0 Å². The number of hydrogen-bond donors (Lipinski definition) is 2. The largest absolute Gasteiger partial charge is 0.385 e. The van der Waals surface area contributed by atoms with Crippen LogP contribution in [0.2, 0.25) is 0 Å². The monoisotopic (exact) mass is 449 g/mol. The number of pyridine rings is 2. The molecule has 2 atom stereocenters. The summed E-state index contributed by atoms with van der Waals surface area (Å²) < 4.78 is 0. The Morgan fingerprint density at radius 2 is 1.85 bits per heavy atom. The maximum atomic E-state index is 5.07. The van der Waals surface area contributed by atoms with Crippen LogP contribution in [-0.2, 0) is 0 Å². The van der Waals surface area contributed by atoms with E-state index in [1.54, 1.807) is 0 Å². The molecule has 2 aromatic rings. The molecule has 0 aliphatic carbocycles. The molecule has 0 amide bonds. The zero-order valence-corrected chi connectivity index (χ0v) is 21.5. The Bertz CT molecular complexity index is 920. The van der Waals surface area contributed by atoms with Crippen molar-refractivity contribution in [1.82, 2.24) is 15.3 Å². The van der Waals surface area contributed by atoms with Gasteiger partial charge in [-0.05, 0) is 56.9 Å².